The van der Waals surface area contributed by atoms with Gasteiger partial charge in [-0.3, -0.25) is 9.36 Å². The molecular formula is C21H18BrN3O5. The molecule has 0 saturated heterocycles. The molecule has 1 aromatic heterocycles. The molecule has 0 unspecified atom stereocenters. The van der Waals surface area contributed by atoms with Crippen LogP contribution in [0.15, 0.2) is 47.2 Å². The number of ether oxygens (including phenoxy) is 2. The van der Waals surface area contributed by atoms with Gasteiger partial charge in [0.2, 0.25) is 0 Å². The largest absolute Gasteiger partial charge is 0.497 e. The molecule has 0 bridgehead atoms. The molecule has 4 rings (SSSR count). The monoisotopic (exact) mass is 471 g/mol. The molecule has 1 N–H and O–H groups in total. The molecule has 1 aliphatic rings. The Hall–Kier alpha value is -3.33. The third-order valence-corrected chi connectivity index (χ3v) is 5.49. The van der Waals surface area contributed by atoms with E-state index < -0.39 is 5.97 Å². The van der Waals surface area contributed by atoms with Crippen LogP contribution < -0.4 is 9.47 Å². The Morgan fingerprint density at radius 1 is 1.20 bits per heavy atom. The van der Waals surface area contributed by atoms with Gasteiger partial charge in [0.15, 0.2) is 5.69 Å². The van der Waals surface area contributed by atoms with Crippen LogP contribution in [0.3, 0.4) is 0 Å². The molecule has 154 valence electrons. The zero-order valence-corrected chi connectivity index (χ0v) is 17.8. The van der Waals surface area contributed by atoms with E-state index in [0.717, 1.165) is 10.0 Å². The Balaban J connectivity index is 1.83. The van der Waals surface area contributed by atoms with Crippen molar-refractivity contribution in [1.82, 2.24) is 14.5 Å². The van der Waals surface area contributed by atoms with Crippen LogP contribution in [0.5, 0.6) is 11.5 Å². The van der Waals surface area contributed by atoms with E-state index in [4.69, 9.17) is 9.47 Å². The van der Waals surface area contributed by atoms with E-state index in [1.165, 1.54) is 6.33 Å². The second kappa shape index (κ2) is 7.83. The van der Waals surface area contributed by atoms with E-state index in [1.54, 1.807) is 54.0 Å². The Morgan fingerprint density at radius 3 is 2.70 bits per heavy atom. The van der Waals surface area contributed by atoms with Crippen LogP contribution in [0.1, 0.15) is 32.1 Å². The first-order chi connectivity index (χ1) is 14.4. The summed E-state index contributed by atoms with van der Waals surface area (Å²) < 4.78 is 13.1. The third kappa shape index (κ3) is 3.41. The highest BCUT2D eigenvalue weighted by Crippen LogP contribution is 2.31. The summed E-state index contributed by atoms with van der Waals surface area (Å²) in [7, 11) is 3.11. The topological polar surface area (TPSA) is 93.9 Å². The average Bonchev–Trinajstić information content (AvgIpc) is 3.12. The fourth-order valence-corrected chi connectivity index (χ4v) is 3.90. The molecule has 3 aromatic rings. The molecular weight excluding hydrogens is 454 g/mol. The van der Waals surface area contributed by atoms with Crippen molar-refractivity contribution >= 4 is 27.8 Å². The van der Waals surface area contributed by atoms with Gasteiger partial charge in [0.1, 0.15) is 17.8 Å². The summed E-state index contributed by atoms with van der Waals surface area (Å²) in [6, 6.07) is 10.7. The maximum Gasteiger partial charge on any atom is 0.356 e. The minimum absolute atomic E-state index is 0.0785. The van der Waals surface area contributed by atoms with Gasteiger partial charge in [-0.25, -0.2) is 9.78 Å². The highest BCUT2D eigenvalue weighted by atomic mass is 79.9. The Kier molecular flexibility index (Phi) is 5.21. The number of carboxylic acids is 1. The van der Waals surface area contributed by atoms with Gasteiger partial charge in [-0.1, -0.05) is 15.9 Å². The number of carbonyl (C=O) groups is 2. The van der Waals surface area contributed by atoms with Crippen molar-refractivity contribution < 1.29 is 24.2 Å². The number of halogens is 1. The van der Waals surface area contributed by atoms with E-state index in [1.807, 2.05) is 6.07 Å². The highest BCUT2D eigenvalue weighted by molar-refractivity contribution is 9.10. The van der Waals surface area contributed by atoms with Gasteiger partial charge in [0.25, 0.3) is 5.91 Å². The number of amides is 1. The predicted molar refractivity (Wildman–Crippen MR) is 111 cm³/mol. The number of methoxy groups -OCH3 is 2. The summed E-state index contributed by atoms with van der Waals surface area (Å²) in [5, 5.41) is 9.57. The van der Waals surface area contributed by atoms with Crippen LogP contribution in [0.2, 0.25) is 0 Å². The fraction of sp³-hybridized carbons (Fsp3) is 0.190. The van der Waals surface area contributed by atoms with Gasteiger partial charge in [-0.15, -0.1) is 0 Å². The summed E-state index contributed by atoms with van der Waals surface area (Å²) in [4.78, 5) is 30.8. The summed E-state index contributed by atoms with van der Waals surface area (Å²) >= 11 is 3.41. The molecule has 0 radical (unpaired) electrons. The first kappa shape index (κ1) is 20.0. The van der Waals surface area contributed by atoms with E-state index in [2.05, 4.69) is 20.9 Å². The van der Waals surface area contributed by atoms with Gasteiger partial charge in [-0.05, 0) is 30.3 Å². The number of carboxylic acid groups (broad SMARTS) is 1. The fourth-order valence-electron chi connectivity index (χ4n) is 3.54. The van der Waals surface area contributed by atoms with Crippen LogP contribution in [-0.2, 0) is 13.1 Å². The molecule has 2 aromatic carbocycles. The van der Waals surface area contributed by atoms with Crippen molar-refractivity contribution in [2.75, 3.05) is 14.2 Å². The molecule has 9 heteroatoms. The Bertz CT molecular complexity index is 1160. The molecule has 0 spiro atoms. The molecule has 0 atom stereocenters. The van der Waals surface area contributed by atoms with E-state index in [-0.39, 0.29) is 24.7 Å². The minimum atomic E-state index is -1.14. The molecule has 1 amide bonds. The van der Waals surface area contributed by atoms with Crippen molar-refractivity contribution in [3.05, 3.63) is 69.7 Å². The number of imidazole rings is 1. The van der Waals surface area contributed by atoms with Gasteiger partial charge < -0.3 is 19.5 Å². The van der Waals surface area contributed by atoms with Crippen molar-refractivity contribution in [2.24, 2.45) is 0 Å². The average molecular weight is 472 g/mol. The van der Waals surface area contributed by atoms with Crippen LogP contribution >= 0.6 is 15.9 Å². The Labute approximate surface area is 180 Å². The smallest absolute Gasteiger partial charge is 0.356 e. The van der Waals surface area contributed by atoms with Gasteiger partial charge >= 0.3 is 5.97 Å². The summed E-state index contributed by atoms with van der Waals surface area (Å²) in [5.41, 5.74) is 2.16. The lowest BCUT2D eigenvalue weighted by Crippen LogP contribution is -2.30. The number of hydrogen-bond acceptors (Lipinski definition) is 5. The standard InChI is InChI=1S/C21H18BrN3O5/c1-29-14-5-3-12(18(8-14)30-2)9-24-10-17-19(21(27)28)23-11-25(17)16-6-4-13(22)7-15(16)20(24)26/h3-8,11H,9-10H2,1-2H3,(H,27,28). The Morgan fingerprint density at radius 2 is 2.00 bits per heavy atom. The highest BCUT2D eigenvalue weighted by Gasteiger charge is 2.30. The van der Waals surface area contributed by atoms with E-state index in [0.29, 0.717) is 28.4 Å². The minimum Gasteiger partial charge on any atom is -0.497 e. The number of aromatic carboxylic acids is 1. The quantitative estimate of drug-likeness (QED) is 0.611. The number of hydrogen-bond donors (Lipinski definition) is 1. The summed E-state index contributed by atoms with van der Waals surface area (Å²) in [6.07, 6.45) is 1.44. The third-order valence-electron chi connectivity index (χ3n) is 5.00. The molecule has 30 heavy (non-hydrogen) atoms. The zero-order valence-electron chi connectivity index (χ0n) is 16.3. The zero-order chi connectivity index (χ0) is 21.4. The summed E-state index contributed by atoms with van der Waals surface area (Å²) in [5.74, 6) is -0.144. The second-order valence-electron chi connectivity index (χ2n) is 6.72. The first-order valence-electron chi connectivity index (χ1n) is 9.02. The van der Waals surface area contributed by atoms with Crippen LogP contribution in [0.25, 0.3) is 5.69 Å². The normalized spacial score (nSPS) is 12.8. The van der Waals surface area contributed by atoms with Gasteiger partial charge in [0.05, 0.1) is 44.3 Å². The number of nitrogens with zero attached hydrogens (tertiary/aromatic N) is 3. The second-order valence-corrected chi connectivity index (χ2v) is 7.63. The number of aromatic nitrogens is 2. The summed E-state index contributed by atoms with van der Waals surface area (Å²) in [6.45, 7) is 0.310. The first-order valence-corrected chi connectivity index (χ1v) is 9.82. The van der Waals surface area contributed by atoms with Gasteiger partial charge in [0, 0.05) is 16.1 Å². The van der Waals surface area contributed by atoms with Crippen molar-refractivity contribution in [2.45, 2.75) is 13.1 Å². The van der Waals surface area contributed by atoms with E-state index >= 15 is 0 Å². The number of carbonyl (C=O) groups excluding carboxylic acids is 1. The number of benzene rings is 2. The lowest BCUT2D eigenvalue weighted by molar-refractivity contribution is 0.0675. The number of rotatable bonds is 5. The van der Waals surface area contributed by atoms with Crippen LogP contribution in [0, 0.1) is 0 Å². The van der Waals surface area contributed by atoms with Crippen LogP contribution in [-0.4, -0.2) is 45.7 Å². The molecule has 0 fully saturated rings. The lowest BCUT2D eigenvalue weighted by Gasteiger charge is -2.22. The van der Waals surface area contributed by atoms with Crippen LogP contribution in [0.4, 0.5) is 0 Å². The number of fused-ring (bicyclic) bond motifs is 3. The van der Waals surface area contributed by atoms with Gasteiger partial charge in [-0.2, -0.15) is 0 Å². The SMILES string of the molecule is COc1ccc(CN2Cc3c(C(=O)O)ncn3-c3ccc(Br)cc3C2=O)c(OC)c1. The predicted octanol–water partition coefficient (Wildman–Crippen LogP) is 3.51. The molecule has 0 aliphatic carbocycles. The van der Waals surface area contributed by atoms with Crippen molar-refractivity contribution in [3.8, 4) is 17.2 Å². The molecule has 0 saturated carbocycles. The molecule has 2 heterocycles. The molecule has 8 nitrogen and oxygen atoms in total. The maximum atomic E-state index is 13.4. The van der Waals surface area contributed by atoms with Crippen molar-refractivity contribution in [3.63, 3.8) is 0 Å². The van der Waals surface area contributed by atoms with Crippen molar-refractivity contribution in [1.29, 1.82) is 0 Å². The molecule has 1 aliphatic heterocycles. The van der Waals surface area contributed by atoms with E-state index in [9.17, 15) is 14.7 Å². The maximum absolute atomic E-state index is 13.4. The lowest BCUT2D eigenvalue weighted by atomic mass is 10.1.